The van der Waals surface area contributed by atoms with Gasteiger partial charge in [-0.1, -0.05) is 23.7 Å². The van der Waals surface area contributed by atoms with Gasteiger partial charge in [0.25, 0.3) is 0 Å². The average Bonchev–Trinajstić information content (AvgIpc) is 2.77. The van der Waals surface area contributed by atoms with E-state index in [9.17, 15) is 9.90 Å². The molecule has 1 heterocycles. The van der Waals surface area contributed by atoms with Crippen molar-refractivity contribution >= 4 is 17.4 Å². The molecule has 2 aromatic rings. The minimum atomic E-state index is -1.12. The molecule has 1 aromatic carbocycles. The molecule has 4 nitrogen and oxygen atoms in total. The zero-order valence-corrected chi connectivity index (χ0v) is 13.6. The van der Waals surface area contributed by atoms with Crippen molar-refractivity contribution in [3.05, 3.63) is 51.8 Å². The number of hydrogen-bond acceptors (Lipinski definition) is 3. The van der Waals surface area contributed by atoms with Crippen molar-refractivity contribution in [3.8, 4) is 0 Å². The summed E-state index contributed by atoms with van der Waals surface area (Å²) in [5, 5.41) is 18.8. The second-order valence-electron chi connectivity index (χ2n) is 6.36. The van der Waals surface area contributed by atoms with Gasteiger partial charge in [0, 0.05) is 28.6 Å². The Morgan fingerprint density at radius 1 is 1.41 bits per heavy atom. The normalized spacial score (nSPS) is 27.5. The summed E-state index contributed by atoms with van der Waals surface area (Å²) in [5.41, 5.74) is 2.64. The molecule has 0 bridgehead atoms. The lowest BCUT2D eigenvalue weighted by Gasteiger charge is -2.41. The number of benzene rings is 1. The molecule has 3 rings (SSSR count). The fraction of sp³-hybridized carbons (Fsp3) is 0.412. The summed E-state index contributed by atoms with van der Waals surface area (Å²) in [5.74, 6) is -0.735. The molecule has 0 radical (unpaired) electrons. The quantitative estimate of drug-likeness (QED) is 0.894. The van der Waals surface area contributed by atoms with E-state index in [1.807, 2.05) is 31.2 Å². The Morgan fingerprint density at radius 2 is 2.05 bits per heavy atom. The van der Waals surface area contributed by atoms with Crippen LogP contribution in [0.5, 0.6) is 0 Å². The van der Waals surface area contributed by atoms with Crippen LogP contribution in [-0.4, -0.2) is 26.7 Å². The lowest BCUT2D eigenvalue weighted by molar-refractivity contribution is -0.130. The molecule has 1 aliphatic carbocycles. The van der Waals surface area contributed by atoms with Crippen LogP contribution in [0.15, 0.2) is 24.3 Å². The topological polar surface area (TPSA) is 66.0 Å². The van der Waals surface area contributed by atoms with Gasteiger partial charge in [-0.2, -0.15) is 5.10 Å². The smallest absolute Gasteiger partial charge is 0.136 e. The number of aryl methyl sites for hydroxylation is 1. The van der Waals surface area contributed by atoms with Gasteiger partial charge in [0.2, 0.25) is 0 Å². The summed E-state index contributed by atoms with van der Waals surface area (Å²) >= 11 is 5.98. The van der Waals surface area contributed by atoms with Crippen molar-refractivity contribution in [1.82, 2.24) is 10.2 Å². The van der Waals surface area contributed by atoms with E-state index in [4.69, 9.17) is 11.6 Å². The number of nitrogens with one attached hydrogen (secondary N) is 1. The molecule has 1 aliphatic rings. The maximum atomic E-state index is 12.3. The van der Waals surface area contributed by atoms with Gasteiger partial charge in [-0.25, -0.2) is 0 Å². The Morgan fingerprint density at radius 3 is 2.64 bits per heavy atom. The van der Waals surface area contributed by atoms with Crippen LogP contribution in [0.4, 0.5) is 0 Å². The van der Waals surface area contributed by atoms with Crippen LogP contribution >= 0.6 is 11.6 Å². The predicted octanol–water partition coefficient (Wildman–Crippen LogP) is 3.02. The molecule has 0 spiro atoms. The molecule has 5 heteroatoms. The van der Waals surface area contributed by atoms with Crippen LogP contribution < -0.4 is 0 Å². The van der Waals surface area contributed by atoms with E-state index >= 15 is 0 Å². The maximum absolute atomic E-state index is 12.3. The number of Topliss-reactive ketones (excluding diaryl/α,β-unsaturated/α-hetero) is 1. The largest absolute Gasteiger partial charge is 0.389 e. The number of carbonyl (C=O) groups is 1. The van der Waals surface area contributed by atoms with Crippen molar-refractivity contribution in [1.29, 1.82) is 0 Å². The molecule has 0 saturated carbocycles. The highest BCUT2D eigenvalue weighted by molar-refractivity contribution is 6.30. The van der Waals surface area contributed by atoms with Crippen LogP contribution in [0.2, 0.25) is 5.02 Å². The van der Waals surface area contributed by atoms with Crippen molar-refractivity contribution < 1.29 is 9.90 Å². The number of carbonyl (C=O) groups excluding carboxylic acids is 1. The maximum Gasteiger partial charge on any atom is 0.136 e. The molecular weight excluding hydrogens is 300 g/mol. The molecule has 2 N–H and O–H groups in total. The number of rotatable bonds is 2. The van der Waals surface area contributed by atoms with Gasteiger partial charge in [0.15, 0.2) is 0 Å². The number of nitrogens with zero attached hydrogens (tertiary/aromatic N) is 1. The third-order valence-corrected chi connectivity index (χ3v) is 4.83. The Hall–Kier alpha value is -1.65. The molecule has 0 aliphatic heterocycles. The second kappa shape index (κ2) is 5.21. The van der Waals surface area contributed by atoms with Crippen molar-refractivity contribution in [2.45, 2.75) is 38.7 Å². The Kier molecular flexibility index (Phi) is 3.62. The molecule has 3 atom stereocenters. The highest BCUT2D eigenvalue weighted by atomic mass is 35.5. The van der Waals surface area contributed by atoms with Crippen molar-refractivity contribution in [3.63, 3.8) is 0 Å². The number of aromatic amines is 1. The fourth-order valence-electron chi connectivity index (χ4n) is 3.71. The van der Waals surface area contributed by atoms with Gasteiger partial charge >= 0.3 is 0 Å². The number of H-pyrrole nitrogens is 1. The van der Waals surface area contributed by atoms with Crippen LogP contribution in [0, 0.1) is 12.8 Å². The average molecular weight is 319 g/mol. The molecule has 0 unspecified atom stereocenters. The fourth-order valence-corrected chi connectivity index (χ4v) is 3.84. The number of fused-ring (bicyclic) bond motifs is 1. The molecule has 1 aromatic heterocycles. The lowest BCUT2D eigenvalue weighted by Crippen LogP contribution is -2.48. The number of aliphatic hydroxyl groups is 1. The number of hydrogen-bond donors (Lipinski definition) is 2. The van der Waals surface area contributed by atoms with Gasteiger partial charge in [-0.05, 0) is 38.5 Å². The molecule has 22 heavy (non-hydrogen) atoms. The van der Waals surface area contributed by atoms with E-state index in [2.05, 4.69) is 10.2 Å². The summed E-state index contributed by atoms with van der Waals surface area (Å²) in [6, 6.07) is 7.46. The summed E-state index contributed by atoms with van der Waals surface area (Å²) in [4.78, 5) is 12.3. The second-order valence-corrected chi connectivity index (χ2v) is 6.80. The minimum absolute atomic E-state index is 0.0174. The van der Waals surface area contributed by atoms with E-state index in [-0.39, 0.29) is 11.7 Å². The summed E-state index contributed by atoms with van der Waals surface area (Å²) in [6.45, 7) is 5.21. The lowest BCUT2D eigenvalue weighted by atomic mass is 9.64. The standard InChI is InChI=1S/C17H19ClN2O2/c1-9-14-13(20-19-9)8-17(3,22)16(10(2)21)15(14)11-4-6-12(18)7-5-11/h4-7,15-16,22H,8H2,1-3H3,(H,19,20)/t15-,16-,17-/m1/s1. The van der Waals surface area contributed by atoms with E-state index in [0.29, 0.717) is 11.4 Å². The first kappa shape index (κ1) is 15.3. The Balaban J connectivity index is 2.23. The Bertz CT molecular complexity index is 719. The van der Waals surface area contributed by atoms with Gasteiger partial charge in [-0.3, -0.25) is 9.89 Å². The van der Waals surface area contributed by atoms with E-state index in [1.165, 1.54) is 0 Å². The zero-order chi connectivity index (χ0) is 16.1. The van der Waals surface area contributed by atoms with Gasteiger partial charge in [-0.15, -0.1) is 0 Å². The van der Waals surface area contributed by atoms with Gasteiger partial charge in [0.05, 0.1) is 17.2 Å². The number of ketones is 1. The first-order valence-electron chi connectivity index (χ1n) is 7.33. The van der Waals surface area contributed by atoms with Crippen LogP contribution in [-0.2, 0) is 11.2 Å². The van der Waals surface area contributed by atoms with Crippen molar-refractivity contribution in [2.24, 2.45) is 5.92 Å². The van der Waals surface area contributed by atoms with Gasteiger partial charge in [0.1, 0.15) is 5.78 Å². The Labute approximate surface area is 134 Å². The first-order valence-corrected chi connectivity index (χ1v) is 7.71. The zero-order valence-electron chi connectivity index (χ0n) is 12.9. The number of halogens is 1. The predicted molar refractivity (Wildman–Crippen MR) is 85.1 cm³/mol. The molecule has 0 saturated heterocycles. The molecule has 0 amide bonds. The monoisotopic (exact) mass is 318 g/mol. The van der Waals surface area contributed by atoms with Crippen LogP contribution in [0.1, 0.15) is 42.3 Å². The highest BCUT2D eigenvalue weighted by Gasteiger charge is 2.48. The van der Waals surface area contributed by atoms with Crippen molar-refractivity contribution in [2.75, 3.05) is 0 Å². The SMILES string of the molecule is CC(=O)[C@@H]1[C@H](c2ccc(Cl)cc2)c2c(n[nH]c2C)C[C@@]1(C)O. The number of aromatic nitrogens is 2. The van der Waals surface area contributed by atoms with E-state index in [1.54, 1.807) is 13.8 Å². The van der Waals surface area contributed by atoms with Crippen LogP contribution in [0.25, 0.3) is 0 Å². The minimum Gasteiger partial charge on any atom is -0.389 e. The third kappa shape index (κ3) is 2.36. The van der Waals surface area contributed by atoms with E-state index < -0.39 is 11.5 Å². The first-order chi connectivity index (χ1) is 10.3. The summed E-state index contributed by atoms with van der Waals surface area (Å²) < 4.78 is 0. The highest BCUT2D eigenvalue weighted by Crippen LogP contribution is 2.46. The van der Waals surface area contributed by atoms with Gasteiger partial charge < -0.3 is 5.11 Å². The molecule has 0 fully saturated rings. The summed E-state index contributed by atoms with van der Waals surface area (Å²) in [7, 11) is 0. The van der Waals surface area contributed by atoms with Crippen LogP contribution in [0.3, 0.4) is 0 Å². The molecule has 116 valence electrons. The summed E-state index contributed by atoms with van der Waals surface area (Å²) in [6.07, 6.45) is 0.376. The third-order valence-electron chi connectivity index (χ3n) is 4.58. The van der Waals surface area contributed by atoms with E-state index in [0.717, 1.165) is 22.5 Å². The molecular formula is C17H19ClN2O2.